The molecule has 0 aromatic carbocycles. The van der Waals surface area contributed by atoms with E-state index in [1.165, 1.54) is 6.92 Å². The van der Waals surface area contributed by atoms with Gasteiger partial charge in [0.1, 0.15) is 0 Å². The average molecular weight is 294 g/mol. The van der Waals surface area contributed by atoms with E-state index in [2.05, 4.69) is 4.74 Å². The van der Waals surface area contributed by atoms with Gasteiger partial charge in [0, 0.05) is 28.3 Å². The van der Waals surface area contributed by atoms with E-state index in [9.17, 15) is 19.5 Å². The topological polar surface area (TPSA) is 101 Å². The van der Waals surface area contributed by atoms with Gasteiger partial charge < -0.3 is 14.9 Å². The third-order valence-corrected chi connectivity index (χ3v) is 2.61. The summed E-state index contributed by atoms with van der Waals surface area (Å²) in [5.74, 6) is -2.64. The number of carbonyl (C=O) groups excluding carboxylic acids is 3. The molecule has 0 saturated heterocycles. The van der Waals surface area contributed by atoms with Crippen molar-refractivity contribution in [2.24, 2.45) is 5.41 Å². The summed E-state index contributed by atoms with van der Waals surface area (Å²) in [6, 6.07) is 0. The molecule has 0 spiro atoms. The molecule has 0 saturated carbocycles. The zero-order chi connectivity index (χ0) is 13.6. The normalized spacial score (nSPS) is 12.3. The van der Waals surface area contributed by atoms with E-state index in [-0.39, 0.29) is 34.7 Å². The largest absolute Gasteiger partial charge is 0.465 e. The van der Waals surface area contributed by atoms with Crippen LogP contribution in [0.25, 0.3) is 0 Å². The minimum atomic E-state index is -2.22. The van der Waals surface area contributed by atoms with Crippen LogP contribution < -0.4 is 0 Å². The van der Waals surface area contributed by atoms with E-state index in [0.717, 1.165) is 13.8 Å². The van der Waals surface area contributed by atoms with Crippen LogP contribution in [0.5, 0.6) is 0 Å². The van der Waals surface area contributed by atoms with Crippen molar-refractivity contribution < 1.29 is 51.1 Å². The van der Waals surface area contributed by atoms with Crippen LogP contribution in [0, 0.1) is 5.41 Å². The number of ketones is 2. The number of aliphatic hydroxyl groups excluding tert-OH is 2. The molecule has 0 radical (unpaired) electrons. The molecule has 0 bridgehead atoms. The molecule has 102 valence electrons. The number of hydrogen-bond donors (Lipinski definition) is 2. The van der Waals surface area contributed by atoms with E-state index >= 15 is 0 Å². The van der Waals surface area contributed by atoms with Gasteiger partial charge in [-0.1, -0.05) is 0 Å². The molecule has 0 aliphatic rings. The van der Waals surface area contributed by atoms with E-state index in [1.54, 1.807) is 0 Å². The fourth-order valence-corrected chi connectivity index (χ4v) is 1.72. The zero-order valence-electron chi connectivity index (χ0n) is 10.7. The minimum Gasteiger partial charge on any atom is -0.465 e. The third-order valence-electron chi connectivity index (χ3n) is 2.61. The molecule has 0 aliphatic carbocycles. The minimum absolute atomic E-state index is 0. The van der Waals surface area contributed by atoms with Crippen molar-refractivity contribution in [3.05, 3.63) is 0 Å². The Morgan fingerprint density at radius 1 is 1.22 bits per heavy atom. The summed E-state index contributed by atoms with van der Waals surface area (Å²) < 4.78 is 4.68. The second-order valence-corrected chi connectivity index (χ2v) is 3.67. The number of hydrogen-bond acceptors (Lipinski definition) is 6. The average Bonchev–Trinajstić information content (AvgIpc) is 2.17. The first-order valence-electron chi connectivity index (χ1n) is 5.33. The fraction of sp³-hybridized carbons (Fsp3) is 0.727. The Kier molecular flexibility index (Phi) is 9.37. The summed E-state index contributed by atoms with van der Waals surface area (Å²) in [6.07, 6.45) is -1.83. The van der Waals surface area contributed by atoms with Crippen molar-refractivity contribution in [2.75, 3.05) is 13.2 Å². The van der Waals surface area contributed by atoms with Crippen molar-refractivity contribution in [2.45, 2.75) is 33.3 Å². The van der Waals surface area contributed by atoms with Gasteiger partial charge in [-0.05, 0) is 27.2 Å². The molecule has 0 rings (SSSR count). The number of carbonyl (C=O) groups is 3. The molecule has 2 N–H and O–H groups in total. The molecule has 7 heteroatoms. The summed E-state index contributed by atoms with van der Waals surface area (Å²) in [5.41, 5.74) is -2.22. The van der Waals surface area contributed by atoms with Gasteiger partial charge in [-0.2, -0.15) is 0 Å². The maximum absolute atomic E-state index is 11.8. The second-order valence-electron chi connectivity index (χ2n) is 3.67. The maximum Gasteiger partial charge on any atom is 0.329 e. The van der Waals surface area contributed by atoms with Gasteiger partial charge in [0.2, 0.25) is 5.41 Å². The van der Waals surface area contributed by atoms with E-state index in [0.29, 0.717) is 0 Å². The Balaban J connectivity index is 0. The molecule has 0 aromatic rings. The molecule has 0 heterocycles. The Morgan fingerprint density at radius 2 is 1.67 bits per heavy atom. The Morgan fingerprint density at radius 3 is 1.94 bits per heavy atom. The number of esters is 1. The molecule has 0 aromatic heterocycles. The predicted molar refractivity (Wildman–Crippen MR) is 58.1 cm³/mol. The van der Waals surface area contributed by atoms with Crippen LogP contribution in [0.1, 0.15) is 27.2 Å². The van der Waals surface area contributed by atoms with Crippen molar-refractivity contribution in [3.8, 4) is 0 Å². The van der Waals surface area contributed by atoms with Gasteiger partial charge in [-0.3, -0.25) is 14.4 Å². The fourth-order valence-electron chi connectivity index (χ4n) is 1.72. The van der Waals surface area contributed by atoms with Crippen LogP contribution in [-0.4, -0.2) is 47.1 Å². The number of rotatable bonds is 7. The molecule has 18 heavy (non-hydrogen) atoms. The number of Topliss-reactive ketones (excluding diaryl/α,β-unsaturated/α-hetero) is 2. The van der Waals surface area contributed by atoms with Crippen molar-refractivity contribution in [3.63, 3.8) is 0 Å². The summed E-state index contributed by atoms with van der Waals surface area (Å²) >= 11 is 0. The first-order chi connectivity index (χ1) is 7.85. The van der Waals surface area contributed by atoms with E-state index < -0.39 is 35.7 Å². The van der Waals surface area contributed by atoms with E-state index in [4.69, 9.17) is 5.11 Å². The zero-order valence-corrected chi connectivity index (χ0v) is 12.3. The van der Waals surface area contributed by atoms with E-state index in [1.807, 2.05) is 0 Å². The van der Waals surface area contributed by atoms with Crippen LogP contribution in [0.3, 0.4) is 0 Å². The van der Waals surface area contributed by atoms with Gasteiger partial charge in [-0.25, -0.2) is 0 Å². The molecule has 0 amide bonds. The van der Waals surface area contributed by atoms with Crippen molar-refractivity contribution in [1.29, 1.82) is 0 Å². The van der Waals surface area contributed by atoms with Gasteiger partial charge in [-0.15, -0.1) is 0 Å². The van der Waals surface area contributed by atoms with Crippen LogP contribution in [0.4, 0.5) is 0 Å². The Hall–Kier alpha value is -0.556. The standard InChI is InChI=1S/C11H18O6.Ti/c1-4-17-10(16)11(7(2)13,8(3)14)9(15)5-6-12;/h9,12,15H,4-6H2,1-3H3;. The summed E-state index contributed by atoms with van der Waals surface area (Å²) in [6.45, 7) is 3.16. The summed E-state index contributed by atoms with van der Waals surface area (Å²) in [4.78, 5) is 34.9. The first kappa shape index (κ1) is 19.8. The quantitative estimate of drug-likeness (QED) is 0.371. The van der Waals surface area contributed by atoms with Crippen molar-refractivity contribution >= 4 is 17.5 Å². The van der Waals surface area contributed by atoms with Crippen LogP contribution in [-0.2, 0) is 40.8 Å². The molecule has 1 unspecified atom stereocenters. The SMILES string of the molecule is CCOC(=O)C(C(C)=O)(C(C)=O)C(O)CCO.[Ti]. The maximum atomic E-state index is 11.8. The van der Waals surface area contributed by atoms with Crippen molar-refractivity contribution in [1.82, 2.24) is 0 Å². The molecule has 0 fully saturated rings. The monoisotopic (exact) mass is 294 g/mol. The smallest absolute Gasteiger partial charge is 0.329 e. The third kappa shape index (κ3) is 3.72. The second kappa shape index (κ2) is 8.53. The van der Waals surface area contributed by atoms with Crippen LogP contribution in [0.15, 0.2) is 0 Å². The van der Waals surface area contributed by atoms with Gasteiger partial charge in [0.05, 0.1) is 12.7 Å². The molecular formula is C11H18O6Ti. The first-order valence-corrected chi connectivity index (χ1v) is 5.33. The van der Waals surface area contributed by atoms with Crippen LogP contribution in [0.2, 0.25) is 0 Å². The van der Waals surface area contributed by atoms with Gasteiger partial charge in [0.15, 0.2) is 11.6 Å². The predicted octanol–water partition coefficient (Wildman–Crippen LogP) is -0.545. The number of ether oxygens (including phenoxy) is 1. The van der Waals surface area contributed by atoms with Gasteiger partial charge >= 0.3 is 5.97 Å². The Labute approximate surface area is 121 Å². The summed E-state index contributed by atoms with van der Waals surface area (Å²) in [7, 11) is 0. The molecule has 1 atom stereocenters. The molecular weight excluding hydrogens is 276 g/mol. The summed E-state index contributed by atoms with van der Waals surface area (Å²) in [5, 5.41) is 18.5. The van der Waals surface area contributed by atoms with Crippen LogP contribution >= 0.6 is 0 Å². The molecule has 6 nitrogen and oxygen atoms in total. The van der Waals surface area contributed by atoms with Gasteiger partial charge in [0.25, 0.3) is 0 Å². The Bertz CT molecular complexity index is 301. The molecule has 0 aliphatic heterocycles. The number of aliphatic hydroxyl groups is 2.